The molecule has 1 aromatic heterocycles. The Balaban J connectivity index is 2.48. The summed E-state index contributed by atoms with van der Waals surface area (Å²) in [4.78, 5) is 0. The molecule has 0 amide bonds. The molecule has 0 aliphatic heterocycles. The lowest BCUT2D eigenvalue weighted by molar-refractivity contribution is 0.601. The van der Waals surface area contributed by atoms with Crippen LogP contribution in [0, 0.1) is 5.82 Å². The summed E-state index contributed by atoms with van der Waals surface area (Å²) >= 11 is 3.31. The van der Waals surface area contributed by atoms with Crippen LogP contribution in [0.2, 0.25) is 0 Å². The van der Waals surface area contributed by atoms with Crippen LogP contribution in [-0.2, 0) is 6.54 Å². The Bertz CT molecular complexity index is 537. The quantitative estimate of drug-likeness (QED) is 0.943. The molecule has 90 valence electrons. The van der Waals surface area contributed by atoms with Crippen molar-refractivity contribution in [3.63, 3.8) is 0 Å². The highest BCUT2D eigenvalue weighted by atomic mass is 79.9. The zero-order valence-electron chi connectivity index (χ0n) is 9.45. The first kappa shape index (κ1) is 12.1. The van der Waals surface area contributed by atoms with Gasteiger partial charge in [0, 0.05) is 22.8 Å². The summed E-state index contributed by atoms with van der Waals surface area (Å²) in [5.74, 6) is -0.318. The minimum Gasteiger partial charge on any atom is -0.396 e. The second-order valence-corrected chi connectivity index (χ2v) is 4.74. The molecule has 3 nitrogen and oxygen atoms in total. The van der Waals surface area contributed by atoms with Crippen LogP contribution in [0.1, 0.15) is 13.3 Å². The van der Waals surface area contributed by atoms with Crippen LogP contribution >= 0.6 is 15.9 Å². The molecule has 0 fully saturated rings. The SMILES string of the molecule is CCCn1cc(N)c(-c2cc(Br)ccc2F)n1. The lowest BCUT2D eigenvalue weighted by Gasteiger charge is -2.01. The average molecular weight is 298 g/mol. The maximum absolute atomic E-state index is 13.7. The van der Waals surface area contributed by atoms with Gasteiger partial charge in [-0.05, 0) is 24.6 Å². The van der Waals surface area contributed by atoms with Crippen molar-refractivity contribution in [1.82, 2.24) is 9.78 Å². The molecule has 1 heterocycles. The van der Waals surface area contributed by atoms with Crippen LogP contribution in [0.5, 0.6) is 0 Å². The summed E-state index contributed by atoms with van der Waals surface area (Å²) in [6.07, 6.45) is 2.70. The summed E-state index contributed by atoms with van der Waals surface area (Å²) < 4.78 is 16.2. The van der Waals surface area contributed by atoms with Gasteiger partial charge >= 0.3 is 0 Å². The third-order valence-corrected chi connectivity index (χ3v) is 2.92. The molecule has 0 radical (unpaired) electrons. The topological polar surface area (TPSA) is 43.8 Å². The maximum Gasteiger partial charge on any atom is 0.132 e. The molecule has 5 heteroatoms. The number of hydrogen-bond acceptors (Lipinski definition) is 2. The molecule has 0 saturated heterocycles. The van der Waals surface area contributed by atoms with Gasteiger partial charge < -0.3 is 5.73 Å². The summed E-state index contributed by atoms with van der Waals surface area (Å²) in [6.45, 7) is 2.83. The zero-order chi connectivity index (χ0) is 12.4. The molecule has 0 saturated carbocycles. The van der Waals surface area contributed by atoms with Gasteiger partial charge in [-0.2, -0.15) is 5.10 Å². The van der Waals surface area contributed by atoms with Gasteiger partial charge in [0.05, 0.1) is 5.69 Å². The number of benzene rings is 1. The number of nitrogens with two attached hydrogens (primary N) is 1. The number of aryl methyl sites for hydroxylation is 1. The molecule has 0 bridgehead atoms. The Morgan fingerprint density at radius 3 is 2.94 bits per heavy atom. The van der Waals surface area contributed by atoms with Crippen molar-refractivity contribution in [3.05, 3.63) is 34.7 Å². The van der Waals surface area contributed by atoms with Gasteiger partial charge in [-0.15, -0.1) is 0 Å². The normalized spacial score (nSPS) is 10.8. The van der Waals surface area contributed by atoms with Crippen LogP contribution in [0.4, 0.5) is 10.1 Å². The fraction of sp³-hybridized carbons (Fsp3) is 0.250. The van der Waals surface area contributed by atoms with E-state index >= 15 is 0 Å². The van der Waals surface area contributed by atoms with Gasteiger partial charge in [0.2, 0.25) is 0 Å². The van der Waals surface area contributed by atoms with E-state index < -0.39 is 0 Å². The maximum atomic E-state index is 13.7. The number of aromatic nitrogens is 2. The molecule has 2 aromatic rings. The number of nitrogen functional groups attached to an aromatic ring is 1. The van der Waals surface area contributed by atoms with Gasteiger partial charge in [-0.1, -0.05) is 22.9 Å². The molecule has 0 unspecified atom stereocenters. The van der Waals surface area contributed by atoms with E-state index in [1.54, 1.807) is 23.0 Å². The van der Waals surface area contributed by atoms with E-state index in [2.05, 4.69) is 28.0 Å². The van der Waals surface area contributed by atoms with E-state index in [-0.39, 0.29) is 5.82 Å². The number of anilines is 1. The van der Waals surface area contributed by atoms with Crippen LogP contribution in [0.15, 0.2) is 28.9 Å². The lowest BCUT2D eigenvalue weighted by Crippen LogP contribution is -1.97. The highest BCUT2D eigenvalue weighted by Crippen LogP contribution is 2.29. The van der Waals surface area contributed by atoms with Crippen molar-refractivity contribution in [2.45, 2.75) is 19.9 Å². The fourth-order valence-electron chi connectivity index (χ4n) is 1.67. The summed E-state index contributed by atoms with van der Waals surface area (Å²) in [5, 5.41) is 4.30. The number of nitrogens with zero attached hydrogens (tertiary/aromatic N) is 2. The Kier molecular flexibility index (Phi) is 3.47. The van der Waals surface area contributed by atoms with Crippen molar-refractivity contribution in [2.75, 3.05) is 5.73 Å². The third-order valence-electron chi connectivity index (χ3n) is 2.43. The average Bonchev–Trinajstić information content (AvgIpc) is 2.64. The van der Waals surface area contributed by atoms with Crippen molar-refractivity contribution >= 4 is 21.6 Å². The first-order valence-electron chi connectivity index (χ1n) is 5.40. The van der Waals surface area contributed by atoms with E-state index in [0.717, 1.165) is 17.4 Å². The van der Waals surface area contributed by atoms with E-state index in [1.165, 1.54) is 6.07 Å². The van der Waals surface area contributed by atoms with Gasteiger partial charge in [-0.25, -0.2) is 4.39 Å². The second-order valence-electron chi connectivity index (χ2n) is 3.82. The predicted octanol–water partition coefficient (Wildman–Crippen LogP) is 3.44. The Hall–Kier alpha value is -1.36. The smallest absolute Gasteiger partial charge is 0.132 e. The van der Waals surface area contributed by atoms with Crippen LogP contribution < -0.4 is 5.73 Å². The minimum atomic E-state index is -0.318. The van der Waals surface area contributed by atoms with Crippen molar-refractivity contribution in [1.29, 1.82) is 0 Å². The van der Waals surface area contributed by atoms with E-state index in [1.807, 2.05) is 0 Å². The minimum absolute atomic E-state index is 0.318. The molecule has 0 aliphatic rings. The molecule has 2 rings (SSSR count). The van der Waals surface area contributed by atoms with Crippen LogP contribution in [-0.4, -0.2) is 9.78 Å². The molecule has 0 aliphatic carbocycles. The molecule has 1 aromatic carbocycles. The van der Waals surface area contributed by atoms with Crippen LogP contribution in [0.3, 0.4) is 0 Å². The zero-order valence-corrected chi connectivity index (χ0v) is 11.0. The molecular weight excluding hydrogens is 285 g/mol. The Labute approximate surface area is 108 Å². The second kappa shape index (κ2) is 4.87. The monoisotopic (exact) mass is 297 g/mol. The van der Waals surface area contributed by atoms with Gasteiger partial charge in [-0.3, -0.25) is 4.68 Å². The molecular formula is C12H13BrFN3. The van der Waals surface area contributed by atoms with Crippen LogP contribution in [0.25, 0.3) is 11.3 Å². The highest BCUT2D eigenvalue weighted by Gasteiger charge is 2.13. The first-order chi connectivity index (χ1) is 8.11. The van der Waals surface area contributed by atoms with Gasteiger partial charge in [0.1, 0.15) is 11.5 Å². The molecule has 2 N–H and O–H groups in total. The molecule has 0 spiro atoms. The van der Waals surface area contributed by atoms with Crippen molar-refractivity contribution in [2.24, 2.45) is 0 Å². The fourth-order valence-corrected chi connectivity index (χ4v) is 2.03. The highest BCUT2D eigenvalue weighted by molar-refractivity contribution is 9.10. The lowest BCUT2D eigenvalue weighted by atomic mass is 10.1. The first-order valence-corrected chi connectivity index (χ1v) is 6.19. The third kappa shape index (κ3) is 2.49. The van der Waals surface area contributed by atoms with Gasteiger partial charge in [0.25, 0.3) is 0 Å². The van der Waals surface area contributed by atoms with E-state index in [0.29, 0.717) is 16.9 Å². The van der Waals surface area contributed by atoms with Crippen molar-refractivity contribution < 1.29 is 4.39 Å². The Morgan fingerprint density at radius 1 is 1.47 bits per heavy atom. The molecule has 17 heavy (non-hydrogen) atoms. The number of hydrogen-bond donors (Lipinski definition) is 1. The van der Waals surface area contributed by atoms with Gasteiger partial charge in [0.15, 0.2) is 0 Å². The van der Waals surface area contributed by atoms with Crippen molar-refractivity contribution in [3.8, 4) is 11.3 Å². The molecule has 0 atom stereocenters. The standard InChI is InChI=1S/C12H13BrFN3/c1-2-5-17-7-11(15)12(16-17)9-6-8(13)3-4-10(9)14/h3-4,6-7H,2,5,15H2,1H3. The Morgan fingerprint density at radius 2 is 2.24 bits per heavy atom. The summed E-state index contributed by atoms with van der Waals surface area (Å²) in [5.41, 5.74) is 7.27. The van der Waals surface area contributed by atoms with E-state index in [4.69, 9.17) is 5.73 Å². The number of rotatable bonds is 3. The summed E-state index contributed by atoms with van der Waals surface area (Å²) in [7, 11) is 0. The predicted molar refractivity (Wildman–Crippen MR) is 70.0 cm³/mol. The largest absolute Gasteiger partial charge is 0.396 e. The number of halogens is 2. The summed E-state index contributed by atoms with van der Waals surface area (Å²) in [6, 6.07) is 4.74. The van der Waals surface area contributed by atoms with E-state index in [9.17, 15) is 4.39 Å².